The minimum absolute atomic E-state index is 0.0159. The number of halogens is 1. The van der Waals surface area contributed by atoms with Gasteiger partial charge in [-0.15, -0.1) is 11.3 Å². The van der Waals surface area contributed by atoms with Gasteiger partial charge in [0.25, 0.3) is 0 Å². The Balaban J connectivity index is 1.44. The minimum atomic E-state index is -0.591. The molecule has 2 fully saturated rings. The molecular weight excluding hydrogens is 429 g/mol. The summed E-state index contributed by atoms with van der Waals surface area (Å²) in [5, 5.41) is 5.17. The van der Waals surface area contributed by atoms with E-state index in [4.69, 9.17) is 11.3 Å². The van der Waals surface area contributed by atoms with Crippen molar-refractivity contribution in [1.82, 2.24) is 10.3 Å². The number of fused-ring (bicyclic) bond motifs is 2. The maximum Gasteiger partial charge on any atom is 0.407 e. The van der Waals surface area contributed by atoms with Crippen LogP contribution in [0.25, 0.3) is 16.1 Å². The van der Waals surface area contributed by atoms with Crippen LogP contribution >= 0.6 is 11.3 Å². The summed E-state index contributed by atoms with van der Waals surface area (Å²) in [7, 11) is 0. The van der Waals surface area contributed by atoms with E-state index in [-0.39, 0.29) is 35.3 Å². The number of benzene rings is 1. The molecule has 2 aromatic rings. The van der Waals surface area contributed by atoms with Gasteiger partial charge in [0.2, 0.25) is 5.69 Å². The van der Waals surface area contributed by atoms with Gasteiger partial charge in [-0.25, -0.2) is 19.0 Å². The molecule has 2 saturated carbocycles. The molecule has 0 aliphatic heterocycles. The molecule has 0 radical (unpaired) electrons. The zero-order chi connectivity index (χ0) is 23.0. The van der Waals surface area contributed by atoms with E-state index in [9.17, 15) is 14.0 Å². The second-order valence-corrected chi connectivity index (χ2v) is 10.5. The van der Waals surface area contributed by atoms with Gasteiger partial charge in [-0.1, -0.05) is 12.1 Å². The van der Waals surface area contributed by atoms with Crippen LogP contribution in [0.2, 0.25) is 0 Å². The van der Waals surface area contributed by atoms with E-state index in [0.29, 0.717) is 16.3 Å². The van der Waals surface area contributed by atoms with Crippen LogP contribution in [0.4, 0.5) is 14.9 Å². The number of carbonyl (C=O) groups excluding carboxylic acids is 2. The fourth-order valence-corrected chi connectivity index (χ4v) is 5.78. The Morgan fingerprint density at radius 2 is 1.94 bits per heavy atom. The number of hydrogen-bond acceptors (Lipinski definition) is 5. The van der Waals surface area contributed by atoms with Crippen LogP contribution in [0.5, 0.6) is 0 Å². The Hall–Kier alpha value is -2.79. The number of alkyl carbamates (subject to hydrolysis) is 1. The Bertz CT molecular complexity index is 1070. The van der Waals surface area contributed by atoms with Crippen molar-refractivity contribution in [2.45, 2.75) is 58.1 Å². The molecule has 1 aromatic heterocycles. The molecule has 2 unspecified atom stereocenters. The van der Waals surface area contributed by atoms with Crippen LogP contribution in [-0.2, 0) is 4.74 Å². The van der Waals surface area contributed by atoms with E-state index in [1.165, 1.54) is 23.5 Å². The highest BCUT2D eigenvalue weighted by molar-refractivity contribution is 7.12. The predicted molar refractivity (Wildman–Crippen MR) is 120 cm³/mol. The summed E-state index contributed by atoms with van der Waals surface area (Å²) in [6.07, 6.45) is 3.04. The van der Waals surface area contributed by atoms with Gasteiger partial charge >= 0.3 is 6.09 Å². The van der Waals surface area contributed by atoms with Crippen molar-refractivity contribution in [3.05, 3.63) is 45.8 Å². The molecule has 1 amide bonds. The van der Waals surface area contributed by atoms with E-state index in [1.54, 1.807) is 11.4 Å². The van der Waals surface area contributed by atoms with Crippen molar-refractivity contribution in [2.75, 3.05) is 0 Å². The number of rotatable bonds is 4. The zero-order valence-electron chi connectivity index (χ0n) is 18.4. The number of nitrogens with zero attached hydrogens (tertiary/aromatic N) is 2. The van der Waals surface area contributed by atoms with Crippen LogP contribution in [-0.4, -0.2) is 28.5 Å². The number of thiazole rings is 1. The van der Waals surface area contributed by atoms with E-state index < -0.39 is 17.5 Å². The van der Waals surface area contributed by atoms with Gasteiger partial charge in [0, 0.05) is 22.9 Å². The summed E-state index contributed by atoms with van der Waals surface area (Å²) >= 11 is 1.28. The van der Waals surface area contributed by atoms with Gasteiger partial charge in [-0.2, -0.15) is 0 Å². The monoisotopic (exact) mass is 455 g/mol. The Morgan fingerprint density at radius 3 is 2.53 bits per heavy atom. The molecule has 4 rings (SSSR count). The molecule has 168 valence electrons. The van der Waals surface area contributed by atoms with Gasteiger partial charge in [-0.3, -0.25) is 4.79 Å². The molecule has 1 heterocycles. The fourth-order valence-electron chi connectivity index (χ4n) is 4.97. The second kappa shape index (κ2) is 8.62. The van der Waals surface area contributed by atoms with Gasteiger partial charge in [0.1, 0.15) is 11.4 Å². The number of hydrogen-bond donors (Lipinski definition) is 1. The van der Waals surface area contributed by atoms with Crippen molar-refractivity contribution >= 4 is 28.9 Å². The third-order valence-corrected chi connectivity index (χ3v) is 7.06. The van der Waals surface area contributed by atoms with Gasteiger partial charge in [0.05, 0.1) is 12.3 Å². The van der Waals surface area contributed by atoms with Crippen LogP contribution < -0.4 is 5.32 Å². The summed E-state index contributed by atoms with van der Waals surface area (Å²) < 4.78 is 19.4. The molecule has 8 heteroatoms. The normalized spacial score (nSPS) is 24.6. The number of ketones is 1. The Morgan fingerprint density at radius 1 is 1.25 bits per heavy atom. The molecule has 32 heavy (non-hydrogen) atoms. The molecule has 2 bridgehead atoms. The molecule has 1 N–H and O–H groups in total. The van der Waals surface area contributed by atoms with E-state index >= 15 is 0 Å². The maximum absolute atomic E-state index is 14.0. The van der Waals surface area contributed by atoms with Crippen LogP contribution in [0.1, 0.15) is 56.3 Å². The summed E-state index contributed by atoms with van der Waals surface area (Å²) in [5.41, 5.74) is 0.520. The highest BCUT2D eigenvalue weighted by Gasteiger charge is 2.47. The van der Waals surface area contributed by atoms with Crippen molar-refractivity contribution in [3.8, 4) is 11.3 Å². The first-order chi connectivity index (χ1) is 15.1. The molecule has 2 aliphatic carbocycles. The topological polar surface area (TPSA) is 72.7 Å². The van der Waals surface area contributed by atoms with E-state index in [2.05, 4.69) is 15.1 Å². The molecular formula is C24H26FN3O3S. The van der Waals surface area contributed by atoms with Crippen molar-refractivity contribution in [1.29, 1.82) is 0 Å². The summed E-state index contributed by atoms with van der Waals surface area (Å²) in [6.45, 7) is 12.5. The highest BCUT2D eigenvalue weighted by atomic mass is 32.1. The lowest BCUT2D eigenvalue weighted by Crippen LogP contribution is -2.45. The molecule has 0 spiro atoms. The molecule has 0 saturated heterocycles. The second-order valence-electron chi connectivity index (χ2n) is 9.62. The third-order valence-electron chi connectivity index (χ3n) is 6.20. The quantitative estimate of drug-likeness (QED) is 0.452. The lowest BCUT2D eigenvalue weighted by molar-refractivity contribution is 0.0464. The number of ether oxygens (including phenoxy) is 1. The first kappa shape index (κ1) is 22.4. The Labute approximate surface area is 191 Å². The minimum Gasteiger partial charge on any atom is -0.444 e. The SMILES string of the molecule is [C-]#[N+]c1ccc(-c2csc(C(=O)C3C4CCC3CC(NC(=O)OC(C)(C)C)C4)n2)cc1F. The lowest BCUT2D eigenvalue weighted by atomic mass is 9.74. The van der Waals surface area contributed by atoms with E-state index in [1.807, 2.05) is 20.8 Å². The first-order valence-electron chi connectivity index (χ1n) is 10.8. The van der Waals surface area contributed by atoms with Crippen molar-refractivity contribution in [2.24, 2.45) is 17.8 Å². The van der Waals surface area contributed by atoms with Crippen molar-refractivity contribution < 1.29 is 18.7 Å². The number of Topliss-reactive ketones (excluding diaryl/α,β-unsaturated/α-hetero) is 1. The first-order valence-corrected chi connectivity index (χ1v) is 11.7. The smallest absolute Gasteiger partial charge is 0.407 e. The average molecular weight is 456 g/mol. The van der Waals surface area contributed by atoms with E-state index in [0.717, 1.165) is 25.7 Å². The van der Waals surface area contributed by atoms with Crippen LogP contribution in [0.3, 0.4) is 0 Å². The molecule has 6 nitrogen and oxygen atoms in total. The molecule has 2 aliphatic rings. The number of carbonyl (C=O) groups is 2. The number of aromatic nitrogens is 1. The largest absolute Gasteiger partial charge is 0.444 e. The summed E-state index contributed by atoms with van der Waals surface area (Å²) in [6, 6.07) is 4.38. The number of amides is 1. The fraction of sp³-hybridized carbons (Fsp3) is 0.500. The zero-order valence-corrected chi connectivity index (χ0v) is 19.2. The van der Waals surface area contributed by atoms with Crippen LogP contribution in [0, 0.1) is 30.1 Å². The maximum atomic E-state index is 14.0. The standard InChI is InChI=1S/C24H26FN3O3S/c1-24(2,3)31-23(30)27-16-9-14-5-6-15(10-16)20(14)21(29)22-28-19(12-32-22)13-7-8-18(26-4)17(25)11-13/h7-8,11-12,14-16,20H,5-6,9-10H2,1-3H3,(H,27,30). The molecule has 1 aromatic carbocycles. The predicted octanol–water partition coefficient (Wildman–Crippen LogP) is 6.01. The average Bonchev–Trinajstić information content (AvgIpc) is 3.29. The lowest BCUT2D eigenvalue weighted by Gasteiger charge is -2.34. The van der Waals surface area contributed by atoms with Crippen molar-refractivity contribution in [3.63, 3.8) is 0 Å². The van der Waals surface area contributed by atoms with Gasteiger partial charge in [0.15, 0.2) is 10.8 Å². The summed E-state index contributed by atoms with van der Waals surface area (Å²) in [5.74, 6) is -0.213. The number of nitrogens with one attached hydrogen (secondary N) is 1. The Kier molecular flexibility index (Phi) is 6.04. The highest BCUT2D eigenvalue weighted by Crippen LogP contribution is 2.48. The third kappa shape index (κ3) is 4.68. The molecule has 2 atom stereocenters. The summed E-state index contributed by atoms with van der Waals surface area (Å²) in [4.78, 5) is 33.1. The van der Waals surface area contributed by atoms with Crippen LogP contribution in [0.15, 0.2) is 23.6 Å². The van der Waals surface area contributed by atoms with Gasteiger partial charge < -0.3 is 10.1 Å². The van der Waals surface area contributed by atoms with Gasteiger partial charge in [-0.05, 0) is 64.4 Å².